The molecule has 1 saturated carbocycles. The Morgan fingerprint density at radius 3 is 2.91 bits per heavy atom. The Labute approximate surface area is 73.8 Å². The highest BCUT2D eigenvalue weighted by Gasteiger charge is 2.22. The van der Waals surface area contributed by atoms with Crippen molar-refractivity contribution < 1.29 is 0 Å². The highest BCUT2D eigenvalue weighted by molar-refractivity contribution is 6.25. The number of nitrogens with one attached hydrogen (secondary N) is 1. The van der Waals surface area contributed by atoms with Crippen LogP contribution in [0, 0.1) is 5.92 Å². The summed E-state index contributed by atoms with van der Waals surface area (Å²) in [5, 5.41) is 3.38. The summed E-state index contributed by atoms with van der Waals surface area (Å²) in [6, 6.07) is 0.648. The minimum atomic E-state index is 0.648. The lowest BCUT2D eigenvalue weighted by atomic mass is 10.1. The summed E-state index contributed by atoms with van der Waals surface area (Å²) in [5.41, 5.74) is 1.57. The molecule has 0 aliphatic heterocycles. The minimum absolute atomic E-state index is 0.648. The maximum absolute atomic E-state index is 5.38. The van der Waals surface area contributed by atoms with Crippen molar-refractivity contribution in [2.45, 2.75) is 32.2 Å². The van der Waals surface area contributed by atoms with Crippen LogP contribution in [0.1, 0.15) is 26.2 Å². The lowest BCUT2D eigenvalue weighted by Gasteiger charge is -2.10. The zero-order chi connectivity index (χ0) is 8.10. The van der Waals surface area contributed by atoms with E-state index in [4.69, 9.17) is 11.6 Å². The van der Waals surface area contributed by atoms with Gasteiger partial charge in [-0.3, -0.25) is 0 Å². The predicted octanol–water partition coefficient (Wildman–Crippen LogP) is 2.52. The maximum atomic E-state index is 5.38. The molecule has 1 aliphatic carbocycles. The average Bonchev–Trinajstić information content (AvgIpc) is 2.72. The Hall–Kier alpha value is -0.0100. The first-order valence-electron chi connectivity index (χ1n) is 4.31. The Balaban J connectivity index is 1.95. The van der Waals surface area contributed by atoms with Crippen molar-refractivity contribution >= 4 is 11.6 Å². The van der Waals surface area contributed by atoms with Gasteiger partial charge >= 0.3 is 0 Å². The van der Waals surface area contributed by atoms with Crippen molar-refractivity contribution in [1.29, 1.82) is 0 Å². The summed E-state index contributed by atoms with van der Waals surface area (Å²) in [6.45, 7) is 3.14. The normalized spacial score (nSPS) is 20.9. The molecule has 0 aromatic heterocycles. The van der Waals surface area contributed by atoms with E-state index in [-0.39, 0.29) is 0 Å². The summed E-state index contributed by atoms with van der Waals surface area (Å²) in [7, 11) is 0. The fourth-order valence-electron chi connectivity index (χ4n) is 1.25. The van der Waals surface area contributed by atoms with E-state index in [2.05, 4.69) is 12.2 Å². The Morgan fingerprint density at radius 2 is 2.36 bits per heavy atom. The number of rotatable bonds is 5. The zero-order valence-corrected chi connectivity index (χ0v) is 7.77. The molecule has 0 aromatic rings. The Morgan fingerprint density at radius 1 is 1.64 bits per heavy atom. The molecule has 0 aromatic carbocycles. The van der Waals surface area contributed by atoms with Gasteiger partial charge in [0.1, 0.15) is 0 Å². The first-order chi connectivity index (χ1) is 5.33. The van der Waals surface area contributed by atoms with Gasteiger partial charge in [-0.25, -0.2) is 0 Å². The third-order valence-electron chi connectivity index (χ3n) is 2.06. The molecular formula is C9H16ClN. The van der Waals surface area contributed by atoms with Crippen LogP contribution in [-0.4, -0.2) is 12.6 Å². The first kappa shape index (κ1) is 9.08. The molecule has 1 atom stereocenters. The minimum Gasteiger partial charge on any atom is -0.311 e. The number of halogens is 1. The van der Waals surface area contributed by atoms with Crippen molar-refractivity contribution in [2.75, 3.05) is 6.54 Å². The summed E-state index contributed by atoms with van der Waals surface area (Å²) < 4.78 is 0. The van der Waals surface area contributed by atoms with E-state index in [0.29, 0.717) is 6.04 Å². The van der Waals surface area contributed by atoms with Gasteiger partial charge in [0.25, 0.3) is 0 Å². The topological polar surface area (TPSA) is 12.0 Å². The third-order valence-corrected chi connectivity index (χ3v) is 2.24. The van der Waals surface area contributed by atoms with Gasteiger partial charge in [0, 0.05) is 18.1 Å². The number of hydrogen-bond donors (Lipinski definition) is 1. The molecule has 0 saturated heterocycles. The van der Waals surface area contributed by atoms with Crippen LogP contribution in [0.3, 0.4) is 0 Å². The molecule has 1 nitrogen and oxygen atoms in total. The van der Waals surface area contributed by atoms with Crippen molar-refractivity contribution in [3.8, 4) is 0 Å². The monoisotopic (exact) mass is 173 g/mol. The average molecular weight is 174 g/mol. The van der Waals surface area contributed by atoms with E-state index >= 15 is 0 Å². The molecule has 11 heavy (non-hydrogen) atoms. The molecule has 0 bridgehead atoms. The first-order valence-corrected chi connectivity index (χ1v) is 4.75. The summed E-state index contributed by atoms with van der Waals surface area (Å²) >= 11 is 5.38. The van der Waals surface area contributed by atoms with Crippen LogP contribution < -0.4 is 5.32 Å². The van der Waals surface area contributed by atoms with Gasteiger partial charge in [-0.15, -0.1) is 0 Å². The van der Waals surface area contributed by atoms with Crippen LogP contribution in [0.5, 0.6) is 0 Å². The van der Waals surface area contributed by atoms with Crippen molar-refractivity contribution in [2.24, 2.45) is 5.92 Å². The van der Waals surface area contributed by atoms with Crippen molar-refractivity contribution in [3.63, 3.8) is 0 Å². The fourth-order valence-corrected chi connectivity index (χ4v) is 1.34. The second-order valence-corrected chi connectivity index (χ2v) is 3.60. The van der Waals surface area contributed by atoms with Crippen molar-refractivity contribution in [3.05, 3.63) is 11.6 Å². The quantitative estimate of drug-likeness (QED) is 0.674. The van der Waals surface area contributed by atoms with E-state index < -0.39 is 0 Å². The van der Waals surface area contributed by atoms with Crippen LogP contribution in [0.4, 0.5) is 0 Å². The van der Waals surface area contributed by atoms with E-state index in [1.165, 1.54) is 19.3 Å². The van der Waals surface area contributed by atoms with Crippen LogP contribution in [0.2, 0.25) is 0 Å². The van der Waals surface area contributed by atoms with Crippen LogP contribution in [0.15, 0.2) is 11.6 Å². The molecule has 1 aliphatic rings. The van der Waals surface area contributed by atoms with Gasteiger partial charge in [0.05, 0.1) is 0 Å². The van der Waals surface area contributed by atoms with Gasteiger partial charge in [0.15, 0.2) is 0 Å². The summed E-state index contributed by atoms with van der Waals surface area (Å²) in [4.78, 5) is 0. The van der Waals surface area contributed by atoms with Gasteiger partial charge < -0.3 is 5.32 Å². The molecule has 1 fully saturated rings. The maximum Gasteiger partial charge on any atom is 0.0148 e. The fraction of sp³-hybridized carbons (Fsp3) is 0.778. The van der Waals surface area contributed by atoms with E-state index in [9.17, 15) is 0 Å². The SMILES string of the molecule is CC(CC1CC1)NC/C=C/Cl. The molecule has 2 heteroatoms. The largest absolute Gasteiger partial charge is 0.311 e. The molecule has 0 radical (unpaired) electrons. The van der Waals surface area contributed by atoms with Crippen LogP contribution in [-0.2, 0) is 0 Å². The lowest BCUT2D eigenvalue weighted by Crippen LogP contribution is -2.26. The molecule has 1 N–H and O–H groups in total. The van der Waals surface area contributed by atoms with Crippen LogP contribution in [0.25, 0.3) is 0 Å². The lowest BCUT2D eigenvalue weighted by molar-refractivity contribution is 0.511. The molecule has 1 unspecified atom stereocenters. The second-order valence-electron chi connectivity index (χ2n) is 3.35. The van der Waals surface area contributed by atoms with Gasteiger partial charge in [-0.1, -0.05) is 30.5 Å². The molecule has 1 rings (SSSR count). The van der Waals surface area contributed by atoms with Crippen molar-refractivity contribution in [1.82, 2.24) is 5.32 Å². The molecular weight excluding hydrogens is 158 g/mol. The zero-order valence-electron chi connectivity index (χ0n) is 7.02. The molecule has 0 amide bonds. The third kappa shape index (κ3) is 4.44. The number of hydrogen-bond acceptors (Lipinski definition) is 1. The van der Waals surface area contributed by atoms with Gasteiger partial charge in [-0.05, 0) is 19.3 Å². The highest BCUT2D eigenvalue weighted by Crippen LogP contribution is 2.33. The standard InChI is InChI=1S/C9H16ClN/c1-8(7-9-3-4-9)11-6-2-5-10/h2,5,8-9,11H,3-4,6-7H2,1H3/b5-2+. The van der Waals surface area contributed by atoms with E-state index in [1.54, 1.807) is 5.54 Å². The van der Waals surface area contributed by atoms with Crippen LogP contribution >= 0.6 is 11.6 Å². The highest BCUT2D eigenvalue weighted by atomic mass is 35.5. The summed E-state index contributed by atoms with van der Waals surface area (Å²) in [5.74, 6) is 1.01. The van der Waals surface area contributed by atoms with E-state index in [0.717, 1.165) is 12.5 Å². The smallest absolute Gasteiger partial charge is 0.0148 e. The van der Waals surface area contributed by atoms with Gasteiger partial charge in [0.2, 0.25) is 0 Å². The van der Waals surface area contributed by atoms with E-state index in [1.807, 2.05) is 6.08 Å². The molecule has 0 heterocycles. The second kappa shape index (κ2) is 4.78. The molecule has 0 spiro atoms. The Kier molecular flexibility index (Phi) is 3.95. The predicted molar refractivity (Wildman–Crippen MR) is 49.8 cm³/mol. The van der Waals surface area contributed by atoms with Gasteiger partial charge in [-0.2, -0.15) is 0 Å². The molecule has 64 valence electrons. The Bertz CT molecular complexity index is 130. The summed E-state index contributed by atoms with van der Waals surface area (Å²) in [6.07, 6.45) is 6.15.